The number of carbonyl (C=O) groups excluding carboxylic acids is 1. The second-order valence-electron chi connectivity index (χ2n) is 6.19. The van der Waals surface area contributed by atoms with Crippen molar-refractivity contribution >= 4 is 23.5 Å². The molecule has 27 heavy (non-hydrogen) atoms. The molecule has 0 unspecified atom stereocenters. The van der Waals surface area contributed by atoms with E-state index in [1.165, 1.54) is 12.2 Å². The fourth-order valence-corrected chi connectivity index (χ4v) is 3.32. The van der Waals surface area contributed by atoms with Gasteiger partial charge in [0.2, 0.25) is 0 Å². The highest BCUT2D eigenvalue weighted by Crippen LogP contribution is 2.24. The molecule has 1 saturated carbocycles. The van der Waals surface area contributed by atoms with Gasteiger partial charge in [0.05, 0.1) is 6.10 Å². The fourth-order valence-electron chi connectivity index (χ4n) is 2.91. The lowest BCUT2D eigenvalue weighted by atomic mass is 9.93. The Morgan fingerprint density at radius 1 is 1.33 bits per heavy atom. The first kappa shape index (κ1) is 20.9. The van der Waals surface area contributed by atoms with Gasteiger partial charge < -0.3 is 15.4 Å². The van der Waals surface area contributed by atoms with Crippen LogP contribution in [0.5, 0.6) is 0 Å². The van der Waals surface area contributed by atoms with E-state index >= 15 is 0 Å². The van der Waals surface area contributed by atoms with Gasteiger partial charge in [0, 0.05) is 22.7 Å². The van der Waals surface area contributed by atoms with Gasteiger partial charge in [-0.1, -0.05) is 12.0 Å². The molecule has 0 spiro atoms. The molecule has 1 aromatic carbocycles. The summed E-state index contributed by atoms with van der Waals surface area (Å²) in [6, 6.07) is 7.64. The number of anilines is 1. The summed E-state index contributed by atoms with van der Waals surface area (Å²) in [4.78, 5) is 13.3. The van der Waals surface area contributed by atoms with Gasteiger partial charge in [-0.15, -0.1) is 18.2 Å². The molecular weight excluding hydrogens is 363 g/mol. The van der Waals surface area contributed by atoms with E-state index < -0.39 is 6.67 Å². The number of allylic oxidation sites excluding steroid dienone is 3. The molecule has 6 heteroatoms. The fraction of sp³-hybridized carbons (Fsp3) is 0.381. The smallest absolute Gasteiger partial charge is 0.319 e. The van der Waals surface area contributed by atoms with Crippen molar-refractivity contribution in [2.24, 2.45) is 0 Å². The molecule has 0 aromatic heterocycles. The summed E-state index contributed by atoms with van der Waals surface area (Å²) >= 11 is 1.66. The molecule has 0 aliphatic heterocycles. The predicted octanol–water partition coefficient (Wildman–Crippen LogP) is 4.90. The zero-order chi connectivity index (χ0) is 19.5. The molecule has 2 rings (SSSR count). The number of terminal acetylenes is 1. The minimum atomic E-state index is -0.558. The van der Waals surface area contributed by atoms with E-state index in [-0.39, 0.29) is 18.2 Å². The normalized spacial score (nSPS) is 20.1. The Hall–Kier alpha value is -2.39. The van der Waals surface area contributed by atoms with Gasteiger partial charge in [-0.3, -0.25) is 0 Å². The molecule has 0 saturated heterocycles. The third-order valence-corrected chi connectivity index (χ3v) is 5.00. The Kier molecular flexibility index (Phi) is 8.79. The zero-order valence-corrected chi connectivity index (χ0v) is 16.2. The minimum absolute atomic E-state index is 0.0223. The van der Waals surface area contributed by atoms with Crippen LogP contribution in [0.4, 0.5) is 14.9 Å². The molecular formula is C21H25FN2O2S. The van der Waals surface area contributed by atoms with Crippen molar-refractivity contribution in [1.82, 2.24) is 5.32 Å². The van der Waals surface area contributed by atoms with Crippen molar-refractivity contribution in [2.45, 2.75) is 42.7 Å². The third-order valence-electron chi connectivity index (χ3n) is 4.26. The van der Waals surface area contributed by atoms with E-state index in [2.05, 4.69) is 16.6 Å². The summed E-state index contributed by atoms with van der Waals surface area (Å²) < 4.78 is 18.1. The third kappa shape index (κ3) is 7.40. The maximum atomic E-state index is 12.3. The van der Waals surface area contributed by atoms with Gasteiger partial charge in [0.1, 0.15) is 12.4 Å². The van der Waals surface area contributed by atoms with Crippen molar-refractivity contribution in [3.8, 4) is 12.3 Å². The molecule has 0 bridgehead atoms. The number of rotatable bonds is 7. The number of carbonyl (C=O) groups is 1. The molecule has 0 atom stereocenters. The van der Waals surface area contributed by atoms with Crippen LogP contribution >= 0.6 is 11.8 Å². The van der Waals surface area contributed by atoms with E-state index in [0.29, 0.717) is 5.76 Å². The van der Waals surface area contributed by atoms with Crippen LogP contribution in [0.3, 0.4) is 0 Å². The SMILES string of the molecule is C#C/C=C(\C=C/CF)OC1CCC(NC(=O)Nc2ccc(SC)cc2)CC1. The summed E-state index contributed by atoms with van der Waals surface area (Å²) in [7, 11) is 0. The van der Waals surface area contributed by atoms with E-state index in [0.717, 1.165) is 36.3 Å². The van der Waals surface area contributed by atoms with Crippen molar-refractivity contribution in [3.05, 3.63) is 48.3 Å². The molecule has 1 aliphatic rings. The summed E-state index contributed by atoms with van der Waals surface area (Å²) in [5.74, 6) is 2.90. The van der Waals surface area contributed by atoms with E-state index in [9.17, 15) is 9.18 Å². The second-order valence-corrected chi connectivity index (χ2v) is 7.07. The van der Waals surface area contributed by atoms with Crippen molar-refractivity contribution in [2.75, 3.05) is 18.2 Å². The predicted molar refractivity (Wildman–Crippen MR) is 110 cm³/mol. The number of hydrogen-bond donors (Lipinski definition) is 2. The Labute approximate surface area is 164 Å². The number of alkyl halides is 1. The maximum absolute atomic E-state index is 12.3. The van der Waals surface area contributed by atoms with Crippen molar-refractivity contribution in [3.63, 3.8) is 0 Å². The molecule has 4 nitrogen and oxygen atoms in total. The van der Waals surface area contributed by atoms with Crippen LogP contribution in [-0.4, -0.2) is 31.1 Å². The second kappa shape index (κ2) is 11.3. The Bertz CT molecular complexity index is 702. The van der Waals surface area contributed by atoms with Crippen molar-refractivity contribution < 1.29 is 13.9 Å². The molecule has 1 aliphatic carbocycles. The van der Waals surface area contributed by atoms with Crippen LogP contribution in [0.15, 0.2) is 53.1 Å². The molecule has 0 heterocycles. The molecule has 1 fully saturated rings. The largest absolute Gasteiger partial charge is 0.490 e. The number of thioether (sulfide) groups is 1. The van der Waals surface area contributed by atoms with Crippen LogP contribution in [0.25, 0.3) is 0 Å². The summed E-state index contributed by atoms with van der Waals surface area (Å²) in [6.07, 6.45) is 15.0. The summed E-state index contributed by atoms with van der Waals surface area (Å²) in [5.41, 5.74) is 0.769. The molecule has 144 valence electrons. The number of amides is 2. The number of benzene rings is 1. The standard InChI is InChI=1S/C21H25FN2O2S/c1-3-5-18(6-4-15-22)26-19-11-7-16(8-12-19)23-21(25)24-17-9-13-20(27-2)14-10-17/h1,4-6,9-10,13-14,16,19H,7-8,11-12,15H2,2H3,(H2,23,24,25)/b6-4-,18-5+. The molecule has 2 N–H and O–H groups in total. The van der Waals surface area contributed by atoms with Gasteiger partial charge >= 0.3 is 6.03 Å². The van der Waals surface area contributed by atoms with Crippen LogP contribution < -0.4 is 10.6 Å². The van der Waals surface area contributed by atoms with Gasteiger partial charge in [-0.25, -0.2) is 9.18 Å². The lowest BCUT2D eigenvalue weighted by Gasteiger charge is -2.29. The molecule has 1 aromatic rings. The van der Waals surface area contributed by atoms with Gasteiger partial charge in [-0.05, 0) is 62.3 Å². The highest BCUT2D eigenvalue weighted by atomic mass is 32.2. The van der Waals surface area contributed by atoms with E-state index in [4.69, 9.17) is 11.2 Å². The number of nitrogens with one attached hydrogen (secondary N) is 2. The average molecular weight is 389 g/mol. The number of halogens is 1. The summed E-state index contributed by atoms with van der Waals surface area (Å²) in [5, 5.41) is 5.87. The van der Waals surface area contributed by atoms with Crippen molar-refractivity contribution in [1.29, 1.82) is 0 Å². The van der Waals surface area contributed by atoms with E-state index in [1.807, 2.05) is 30.5 Å². The molecule has 2 amide bonds. The monoisotopic (exact) mass is 388 g/mol. The number of ether oxygens (including phenoxy) is 1. The maximum Gasteiger partial charge on any atom is 0.319 e. The first-order valence-corrected chi connectivity index (χ1v) is 10.1. The first-order valence-electron chi connectivity index (χ1n) is 8.91. The number of hydrogen-bond acceptors (Lipinski definition) is 3. The number of urea groups is 1. The van der Waals surface area contributed by atoms with Crippen LogP contribution in [0.2, 0.25) is 0 Å². The van der Waals surface area contributed by atoms with Crippen LogP contribution in [-0.2, 0) is 4.74 Å². The quantitative estimate of drug-likeness (QED) is 0.302. The van der Waals surface area contributed by atoms with Gasteiger partial charge in [0.25, 0.3) is 0 Å². The molecule has 0 radical (unpaired) electrons. The highest BCUT2D eigenvalue weighted by Gasteiger charge is 2.23. The average Bonchev–Trinajstić information content (AvgIpc) is 2.68. The minimum Gasteiger partial charge on any atom is -0.490 e. The van der Waals surface area contributed by atoms with E-state index in [1.54, 1.807) is 17.8 Å². The van der Waals surface area contributed by atoms with Crippen LogP contribution in [0.1, 0.15) is 25.7 Å². The Morgan fingerprint density at radius 3 is 2.63 bits per heavy atom. The zero-order valence-electron chi connectivity index (χ0n) is 15.4. The van der Waals surface area contributed by atoms with Gasteiger partial charge in [-0.2, -0.15) is 0 Å². The summed E-state index contributed by atoms with van der Waals surface area (Å²) in [6.45, 7) is -0.558. The highest BCUT2D eigenvalue weighted by molar-refractivity contribution is 7.98. The Morgan fingerprint density at radius 2 is 2.04 bits per heavy atom. The lowest BCUT2D eigenvalue weighted by Crippen LogP contribution is -2.41. The lowest BCUT2D eigenvalue weighted by molar-refractivity contribution is 0.0818. The topological polar surface area (TPSA) is 50.4 Å². The Balaban J connectivity index is 1.76. The van der Waals surface area contributed by atoms with Crippen LogP contribution in [0, 0.1) is 12.3 Å². The first-order chi connectivity index (χ1) is 13.1. The van der Waals surface area contributed by atoms with Gasteiger partial charge in [0.15, 0.2) is 0 Å².